The third-order valence-corrected chi connectivity index (χ3v) is 2.41. The summed E-state index contributed by atoms with van der Waals surface area (Å²) in [5.41, 5.74) is 0. The zero-order valence-corrected chi connectivity index (χ0v) is 12.4. The number of amides is 1. The van der Waals surface area contributed by atoms with Gasteiger partial charge in [0.05, 0.1) is 12.8 Å². The molecule has 1 amide bonds. The summed E-state index contributed by atoms with van der Waals surface area (Å²) in [7, 11) is 5.09. The number of carbonyl (C=O) groups is 1. The summed E-state index contributed by atoms with van der Waals surface area (Å²) in [4.78, 5) is 21.6. The lowest BCUT2D eigenvalue weighted by Gasteiger charge is -2.18. The second-order valence-corrected chi connectivity index (χ2v) is 3.94. The minimum Gasteiger partial charge on any atom is -0.383 e. The maximum atomic E-state index is 11.2. The fraction of sp³-hybridized carbons (Fsp3) is 0.750. The fourth-order valence-corrected chi connectivity index (χ4v) is 1.14. The van der Waals surface area contributed by atoms with Crippen LogP contribution in [-0.4, -0.2) is 70.0 Å². The number of methoxy groups -OCH3 is 1. The minimum atomic E-state index is -0.253. The fourth-order valence-electron chi connectivity index (χ4n) is 1.14. The molecule has 2 N–H and O–H groups in total. The highest BCUT2D eigenvalue weighted by atomic mass is 16.5. The van der Waals surface area contributed by atoms with Crippen LogP contribution in [0, 0.1) is 0 Å². The Bertz CT molecular complexity index is 317. The topological polar surface area (TPSA) is 78.3 Å². The number of nitrogens with zero attached hydrogens (tertiary/aromatic N) is 3. The zero-order valence-electron chi connectivity index (χ0n) is 12.4. The van der Waals surface area contributed by atoms with Crippen molar-refractivity contribution in [2.24, 2.45) is 9.98 Å². The molecule has 1 atom stereocenters. The third kappa shape index (κ3) is 8.28. The molecule has 0 bridgehead atoms. The molecule has 7 heteroatoms. The number of nitrogens with one attached hydrogen (secondary N) is 2. The highest BCUT2D eigenvalue weighted by Crippen LogP contribution is 1.94. The monoisotopic (exact) mass is 271 g/mol. The number of guanidine groups is 1. The van der Waals surface area contributed by atoms with E-state index in [-0.39, 0.29) is 12.1 Å². The number of carbonyl (C=O) groups excluding carboxylic acids is 1. The maximum absolute atomic E-state index is 11.2. The highest BCUT2D eigenvalue weighted by molar-refractivity contribution is 6.28. The Balaban J connectivity index is 4.64. The van der Waals surface area contributed by atoms with E-state index in [9.17, 15) is 4.79 Å². The Morgan fingerprint density at radius 2 is 2.21 bits per heavy atom. The van der Waals surface area contributed by atoms with E-state index in [0.29, 0.717) is 19.1 Å². The Labute approximate surface area is 115 Å². The van der Waals surface area contributed by atoms with Crippen molar-refractivity contribution in [3.8, 4) is 0 Å². The summed E-state index contributed by atoms with van der Waals surface area (Å²) in [5.74, 6) is 0.265. The summed E-state index contributed by atoms with van der Waals surface area (Å²) in [6.45, 7) is 6.01. The molecule has 0 radical (unpaired) electrons. The van der Waals surface area contributed by atoms with Gasteiger partial charge in [0.15, 0.2) is 0 Å². The van der Waals surface area contributed by atoms with E-state index in [1.807, 2.05) is 25.8 Å². The lowest BCUT2D eigenvalue weighted by atomic mass is 10.5. The van der Waals surface area contributed by atoms with Crippen LogP contribution in [0.3, 0.4) is 0 Å². The molecule has 0 aliphatic carbocycles. The molecule has 0 heterocycles. The van der Waals surface area contributed by atoms with E-state index in [1.54, 1.807) is 14.2 Å². The summed E-state index contributed by atoms with van der Waals surface area (Å²) < 4.78 is 4.96. The van der Waals surface area contributed by atoms with E-state index in [1.165, 1.54) is 6.21 Å². The molecule has 1 unspecified atom stereocenters. The van der Waals surface area contributed by atoms with Crippen LogP contribution in [0.5, 0.6) is 0 Å². The molecule has 0 aliphatic rings. The van der Waals surface area contributed by atoms with Crippen LogP contribution in [0.25, 0.3) is 0 Å². The molecular formula is C12H25N5O2. The van der Waals surface area contributed by atoms with Gasteiger partial charge in [0, 0.05) is 34.3 Å². The molecule has 0 aromatic rings. The molecule has 0 aliphatic heterocycles. The van der Waals surface area contributed by atoms with Gasteiger partial charge in [-0.25, -0.2) is 9.98 Å². The lowest BCUT2D eigenvalue weighted by Crippen LogP contribution is -2.33. The highest BCUT2D eigenvalue weighted by Gasteiger charge is 2.06. The molecule has 0 saturated carbocycles. The Hall–Kier alpha value is -1.47. The van der Waals surface area contributed by atoms with Crippen molar-refractivity contribution in [3.05, 3.63) is 0 Å². The summed E-state index contributed by atoms with van der Waals surface area (Å²) in [6, 6.07) is 0. The van der Waals surface area contributed by atoms with Gasteiger partial charge in [-0.2, -0.15) is 0 Å². The molecule has 0 saturated heterocycles. The van der Waals surface area contributed by atoms with E-state index in [0.717, 1.165) is 6.54 Å². The van der Waals surface area contributed by atoms with Gasteiger partial charge in [0.2, 0.25) is 5.96 Å². The second kappa shape index (κ2) is 10.5. The van der Waals surface area contributed by atoms with Gasteiger partial charge in [0.1, 0.15) is 6.17 Å². The van der Waals surface area contributed by atoms with Crippen molar-refractivity contribution in [1.82, 2.24) is 15.5 Å². The van der Waals surface area contributed by atoms with E-state index in [4.69, 9.17) is 4.74 Å². The van der Waals surface area contributed by atoms with E-state index in [2.05, 4.69) is 20.6 Å². The number of hydrogen-bond donors (Lipinski definition) is 2. The molecule has 19 heavy (non-hydrogen) atoms. The quantitative estimate of drug-likeness (QED) is 0.378. The molecule has 0 rings (SSSR count). The molecule has 0 spiro atoms. The standard InChI is InChI=1S/C12H25N5O2/c1-6-17(4)12(15-9-11(18)13-3)16-10(2)14-7-8-19-5/h9-10,14H,6-8H2,1-5H3,(H,13,18). The van der Waals surface area contributed by atoms with Crippen molar-refractivity contribution in [1.29, 1.82) is 0 Å². The van der Waals surface area contributed by atoms with Gasteiger partial charge >= 0.3 is 0 Å². The zero-order chi connectivity index (χ0) is 14.7. The van der Waals surface area contributed by atoms with Crippen LogP contribution >= 0.6 is 0 Å². The van der Waals surface area contributed by atoms with Crippen LogP contribution in [0.1, 0.15) is 13.8 Å². The Morgan fingerprint density at radius 3 is 2.74 bits per heavy atom. The summed E-state index contributed by atoms with van der Waals surface area (Å²) in [5, 5.41) is 5.66. The first-order valence-electron chi connectivity index (χ1n) is 6.32. The molecule has 0 aromatic carbocycles. The van der Waals surface area contributed by atoms with Gasteiger partial charge in [-0.1, -0.05) is 0 Å². The molecule has 110 valence electrons. The SMILES string of the molecule is CCN(C)C(N=CC(=O)NC)=NC(C)NCCOC. The van der Waals surface area contributed by atoms with E-state index < -0.39 is 0 Å². The van der Waals surface area contributed by atoms with Crippen molar-refractivity contribution in [2.75, 3.05) is 40.9 Å². The summed E-state index contributed by atoms with van der Waals surface area (Å²) in [6.07, 6.45) is 1.13. The van der Waals surface area contributed by atoms with Gasteiger partial charge in [-0.05, 0) is 13.8 Å². The van der Waals surface area contributed by atoms with Crippen molar-refractivity contribution < 1.29 is 9.53 Å². The predicted molar refractivity (Wildman–Crippen MR) is 77.6 cm³/mol. The summed E-state index contributed by atoms with van der Waals surface area (Å²) >= 11 is 0. The average Bonchev–Trinajstić information content (AvgIpc) is 2.42. The second-order valence-electron chi connectivity index (χ2n) is 3.94. The van der Waals surface area contributed by atoms with Gasteiger partial charge in [-0.3, -0.25) is 10.1 Å². The smallest absolute Gasteiger partial charge is 0.262 e. The van der Waals surface area contributed by atoms with Gasteiger partial charge in [-0.15, -0.1) is 0 Å². The third-order valence-electron chi connectivity index (χ3n) is 2.41. The molecule has 0 fully saturated rings. The average molecular weight is 271 g/mol. The number of ether oxygens (including phenoxy) is 1. The first-order valence-corrected chi connectivity index (χ1v) is 6.32. The molecule has 0 aromatic heterocycles. The predicted octanol–water partition coefficient (Wildman–Crippen LogP) is -0.307. The first kappa shape index (κ1) is 17.5. The number of aliphatic imine (C=N–C) groups is 2. The Kier molecular flexibility index (Phi) is 9.64. The number of rotatable bonds is 7. The lowest BCUT2D eigenvalue weighted by molar-refractivity contribution is -0.113. The van der Waals surface area contributed by atoms with Crippen LogP contribution < -0.4 is 10.6 Å². The normalized spacial score (nSPS) is 13.6. The molecular weight excluding hydrogens is 246 g/mol. The number of hydrogen-bond acceptors (Lipinski definition) is 4. The van der Waals surface area contributed by atoms with Crippen LogP contribution in [0.15, 0.2) is 9.98 Å². The van der Waals surface area contributed by atoms with Crippen molar-refractivity contribution >= 4 is 18.1 Å². The van der Waals surface area contributed by atoms with Crippen LogP contribution in [-0.2, 0) is 9.53 Å². The van der Waals surface area contributed by atoms with E-state index >= 15 is 0 Å². The van der Waals surface area contributed by atoms with Crippen molar-refractivity contribution in [3.63, 3.8) is 0 Å². The minimum absolute atomic E-state index is 0.0963. The Morgan fingerprint density at radius 1 is 1.53 bits per heavy atom. The van der Waals surface area contributed by atoms with Crippen LogP contribution in [0.4, 0.5) is 0 Å². The van der Waals surface area contributed by atoms with Crippen molar-refractivity contribution in [2.45, 2.75) is 20.0 Å². The van der Waals surface area contributed by atoms with Gasteiger partial charge < -0.3 is 15.0 Å². The van der Waals surface area contributed by atoms with Crippen LogP contribution in [0.2, 0.25) is 0 Å². The molecule has 7 nitrogen and oxygen atoms in total. The maximum Gasteiger partial charge on any atom is 0.262 e. The largest absolute Gasteiger partial charge is 0.383 e. The first-order chi connectivity index (χ1) is 9.04. The van der Waals surface area contributed by atoms with Gasteiger partial charge in [0.25, 0.3) is 5.91 Å².